The summed E-state index contributed by atoms with van der Waals surface area (Å²) in [7, 11) is 0. The lowest BCUT2D eigenvalue weighted by atomic mass is 10.1. The highest BCUT2D eigenvalue weighted by Crippen LogP contribution is 2.14. The van der Waals surface area contributed by atoms with Crippen LogP contribution >= 0.6 is 0 Å². The lowest BCUT2D eigenvalue weighted by Gasteiger charge is -2.06. The molecule has 0 saturated carbocycles. The number of ether oxygens (including phenoxy) is 1. The van der Waals surface area contributed by atoms with Gasteiger partial charge in [-0.3, -0.25) is 0 Å². The zero-order valence-electron chi connectivity index (χ0n) is 10.5. The van der Waals surface area contributed by atoms with Crippen molar-refractivity contribution in [3.63, 3.8) is 0 Å². The Morgan fingerprint density at radius 2 is 1.95 bits per heavy atom. The predicted molar refractivity (Wildman–Crippen MR) is 73.6 cm³/mol. The molecule has 0 aliphatic heterocycles. The monoisotopic (exact) mass is 253 g/mol. The Morgan fingerprint density at radius 3 is 2.68 bits per heavy atom. The van der Waals surface area contributed by atoms with Gasteiger partial charge in [0, 0.05) is 6.07 Å². The van der Waals surface area contributed by atoms with Crippen LogP contribution in [0.3, 0.4) is 0 Å². The molecule has 1 heterocycles. The van der Waals surface area contributed by atoms with Gasteiger partial charge in [-0.05, 0) is 24.5 Å². The molecule has 0 amide bonds. The molecule has 0 saturated heterocycles. The number of hydrogen-bond donors (Lipinski definition) is 1. The quantitative estimate of drug-likeness (QED) is 0.831. The zero-order valence-corrected chi connectivity index (χ0v) is 10.5. The van der Waals surface area contributed by atoms with Crippen molar-refractivity contribution in [1.82, 2.24) is 4.98 Å². The average molecular weight is 253 g/mol. The van der Waals surface area contributed by atoms with Crippen molar-refractivity contribution >= 4 is 5.69 Å². The van der Waals surface area contributed by atoms with E-state index in [9.17, 15) is 0 Å². The summed E-state index contributed by atoms with van der Waals surface area (Å²) in [4.78, 5) is 4.03. The van der Waals surface area contributed by atoms with Gasteiger partial charge >= 0.3 is 0 Å². The van der Waals surface area contributed by atoms with E-state index in [-0.39, 0.29) is 5.69 Å². The topological polar surface area (TPSA) is 71.9 Å². The average Bonchev–Trinajstić information content (AvgIpc) is 2.46. The van der Waals surface area contributed by atoms with E-state index in [4.69, 9.17) is 15.7 Å². The van der Waals surface area contributed by atoms with Crippen LogP contribution in [0, 0.1) is 11.3 Å². The van der Waals surface area contributed by atoms with Gasteiger partial charge in [0.05, 0.1) is 12.3 Å². The Morgan fingerprint density at radius 1 is 1.16 bits per heavy atom. The molecule has 1 aromatic heterocycles. The number of benzene rings is 1. The molecule has 2 rings (SSSR count). The van der Waals surface area contributed by atoms with E-state index in [0.29, 0.717) is 18.2 Å². The van der Waals surface area contributed by atoms with Crippen LogP contribution in [-0.2, 0) is 6.42 Å². The van der Waals surface area contributed by atoms with Crippen LogP contribution in [0.2, 0.25) is 0 Å². The first-order chi connectivity index (χ1) is 9.29. The lowest BCUT2D eigenvalue weighted by molar-refractivity contribution is 0.299. The molecular formula is C15H15N3O. The fourth-order valence-corrected chi connectivity index (χ4v) is 1.72. The molecule has 19 heavy (non-hydrogen) atoms. The summed E-state index contributed by atoms with van der Waals surface area (Å²) in [6.45, 7) is 0.566. The first-order valence-corrected chi connectivity index (χ1v) is 6.13. The van der Waals surface area contributed by atoms with Crippen LogP contribution in [0.5, 0.6) is 5.88 Å². The van der Waals surface area contributed by atoms with Gasteiger partial charge in [0.1, 0.15) is 6.07 Å². The maximum Gasteiger partial charge on any atom is 0.214 e. The number of nitrogen functional groups attached to an aromatic ring is 1. The van der Waals surface area contributed by atoms with Gasteiger partial charge < -0.3 is 10.5 Å². The molecule has 4 nitrogen and oxygen atoms in total. The number of nitriles is 1. The number of rotatable bonds is 5. The van der Waals surface area contributed by atoms with Gasteiger partial charge in [0.25, 0.3) is 0 Å². The third-order valence-electron chi connectivity index (χ3n) is 2.71. The second-order valence-electron chi connectivity index (χ2n) is 4.14. The van der Waals surface area contributed by atoms with Crippen molar-refractivity contribution in [2.75, 3.05) is 12.3 Å². The van der Waals surface area contributed by atoms with E-state index in [1.807, 2.05) is 24.3 Å². The number of aryl methyl sites for hydroxylation is 1. The number of aromatic nitrogens is 1. The molecule has 0 aliphatic rings. The third kappa shape index (κ3) is 3.71. The Labute approximate surface area is 112 Å². The minimum atomic E-state index is 0.209. The molecule has 2 aromatic rings. The number of anilines is 1. The predicted octanol–water partition coefficient (Wildman–Crippen LogP) is 2.55. The van der Waals surface area contributed by atoms with Gasteiger partial charge in [-0.2, -0.15) is 5.26 Å². The molecule has 0 fully saturated rings. The molecule has 0 spiro atoms. The van der Waals surface area contributed by atoms with Gasteiger partial charge in [0.2, 0.25) is 5.88 Å². The largest absolute Gasteiger partial charge is 0.478 e. The minimum Gasteiger partial charge on any atom is -0.478 e. The SMILES string of the molecule is N#Cc1nc(OCCCc2ccccc2)ccc1N. The van der Waals surface area contributed by atoms with Crippen LogP contribution in [0.4, 0.5) is 5.69 Å². The molecule has 0 atom stereocenters. The maximum atomic E-state index is 8.82. The van der Waals surface area contributed by atoms with Crippen molar-refractivity contribution in [2.24, 2.45) is 0 Å². The number of nitrogens with two attached hydrogens (primary N) is 1. The van der Waals surface area contributed by atoms with E-state index < -0.39 is 0 Å². The van der Waals surface area contributed by atoms with E-state index in [1.54, 1.807) is 12.1 Å². The highest BCUT2D eigenvalue weighted by Gasteiger charge is 2.02. The zero-order chi connectivity index (χ0) is 13.5. The third-order valence-corrected chi connectivity index (χ3v) is 2.71. The number of pyridine rings is 1. The molecule has 0 radical (unpaired) electrons. The highest BCUT2D eigenvalue weighted by atomic mass is 16.5. The molecular weight excluding hydrogens is 238 g/mol. The first kappa shape index (κ1) is 12.9. The summed E-state index contributed by atoms with van der Waals surface area (Å²) in [5, 5.41) is 8.82. The maximum absolute atomic E-state index is 8.82. The van der Waals surface area contributed by atoms with E-state index >= 15 is 0 Å². The second-order valence-corrected chi connectivity index (χ2v) is 4.14. The summed E-state index contributed by atoms with van der Waals surface area (Å²) >= 11 is 0. The summed E-state index contributed by atoms with van der Waals surface area (Å²) in [6.07, 6.45) is 1.86. The normalized spacial score (nSPS) is 9.84. The molecule has 96 valence electrons. The van der Waals surface area contributed by atoms with Crippen LogP contribution < -0.4 is 10.5 Å². The van der Waals surface area contributed by atoms with E-state index in [1.165, 1.54) is 5.56 Å². The van der Waals surface area contributed by atoms with Gasteiger partial charge in [-0.1, -0.05) is 30.3 Å². The Balaban J connectivity index is 1.82. The molecule has 0 aliphatic carbocycles. The Hall–Kier alpha value is -2.54. The van der Waals surface area contributed by atoms with Gasteiger partial charge in [-0.25, -0.2) is 4.98 Å². The van der Waals surface area contributed by atoms with E-state index in [0.717, 1.165) is 12.8 Å². The van der Waals surface area contributed by atoms with Crippen molar-refractivity contribution in [1.29, 1.82) is 5.26 Å². The van der Waals surface area contributed by atoms with Crippen LogP contribution in [-0.4, -0.2) is 11.6 Å². The number of hydrogen-bond acceptors (Lipinski definition) is 4. The smallest absolute Gasteiger partial charge is 0.214 e. The first-order valence-electron chi connectivity index (χ1n) is 6.13. The van der Waals surface area contributed by atoms with Gasteiger partial charge in [0.15, 0.2) is 5.69 Å². The van der Waals surface area contributed by atoms with Crippen LogP contribution in [0.1, 0.15) is 17.7 Å². The minimum absolute atomic E-state index is 0.209. The van der Waals surface area contributed by atoms with Crippen LogP contribution in [0.15, 0.2) is 42.5 Å². The summed E-state index contributed by atoms with van der Waals surface area (Å²) in [5.41, 5.74) is 7.46. The Kier molecular flexibility index (Phi) is 4.35. The van der Waals surface area contributed by atoms with E-state index in [2.05, 4.69) is 17.1 Å². The standard InChI is InChI=1S/C15H15N3O/c16-11-14-13(17)8-9-15(18-14)19-10-4-7-12-5-2-1-3-6-12/h1-3,5-6,8-9H,4,7,10,17H2. The molecule has 4 heteroatoms. The molecule has 0 unspecified atom stereocenters. The second kappa shape index (κ2) is 6.41. The molecule has 1 aromatic carbocycles. The summed E-state index contributed by atoms with van der Waals surface area (Å²) < 4.78 is 5.51. The molecule has 2 N–H and O–H groups in total. The fraction of sp³-hybridized carbons (Fsp3) is 0.200. The van der Waals surface area contributed by atoms with Crippen molar-refractivity contribution in [2.45, 2.75) is 12.8 Å². The van der Waals surface area contributed by atoms with Crippen molar-refractivity contribution < 1.29 is 4.74 Å². The highest BCUT2D eigenvalue weighted by molar-refractivity contribution is 5.50. The number of nitrogens with zero attached hydrogens (tertiary/aromatic N) is 2. The fourth-order valence-electron chi connectivity index (χ4n) is 1.72. The summed E-state index contributed by atoms with van der Waals surface area (Å²) in [5.74, 6) is 0.443. The van der Waals surface area contributed by atoms with Crippen LogP contribution in [0.25, 0.3) is 0 Å². The summed E-state index contributed by atoms with van der Waals surface area (Å²) in [6, 6.07) is 15.5. The van der Waals surface area contributed by atoms with Crippen molar-refractivity contribution in [3.05, 3.63) is 53.7 Å². The molecule has 0 bridgehead atoms. The van der Waals surface area contributed by atoms with Crippen molar-refractivity contribution in [3.8, 4) is 11.9 Å². The lowest BCUT2D eigenvalue weighted by Crippen LogP contribution is -2.02. The Bertz CT molecular complexity index is 576. The van der Waals surface area contributed by atoms with Gasteiger partial charge in [-0.15, -0.1) is 0 Å².